The van der Waals surface area contributed by atoms with Crippen LogP contribution in [-0.2, 0) is 30.9 Å². The number of hydrogen-bond donors (Lipinski definition) is 1. The molecule has 1 aromatic carbocycles. The Morgan fingerprint density at radius 1 is 1.21 bits per heavy atom. The molecule has 1 saturated carbocycles. The van der Waals surface area contributed by atoms with Gasteiger partial charge >= 0.3 is 11.8 Å². The average Bonchev–Trinajstić information content (AvgIpc) is 3.58. The number of carbonyl (C=O) groups is 1. The molecule has 0 unspecified atom stereocenters. The number of hydrogen-bond acceptors (Lipinski definition) is 8. The Bertz CT molecular complexity index is 1320. The van der Waals surface area contributed by atoms with Crippen LogP contribution in [0.3, 0.4) is 0 Å². The summed E-state index contributed by atoms with van der Waals surface area (Å²) in [6, 6.07) is 11.8. The minimum atomic E-state index is -0.411. The molecule has 2 saturated heterocycles. The van der Waals surface area contributed by atoms with Crippen molar-refractivity contribution < 1.29 is 9.53 Å². The molecule has 4 heterocycles. The largest absolute Gasteiger partial charge is 0.445 e. The van der Waals surface area contributed by atoms with E-state index in [4.69, 9.17) is 4.74 Å². The summed E-state index contributed by atoms with van der Waals surface area (Å²) >= 11 is 0. The van der Waals surface area contributed by atoms with Gasteiger partial charge < -0.3 is 24.8 Å². The number of rotatable bonds is 6. The number of carbonyl (C=O) groups excluding carboxylic acids is 1. The number of aromatic nitrogens is 2. The van der Waals surface area contributed by atoms with Crippen molar-refractivity contribution in [2.45, 2.75) is 75.8 Å². The third-order valence-electron chi connectivity index (χ3n) is 8.99. The molecule has 39 heavy (non-hydrogen) atoms. The number of fused-ring (bicyclic) bond motifs is 1. The quantitative estimate of drug-likeness (QED) is 0.605. The van der Waals surface area contributed by atoms with Crippen molar-refractivity contribution >= 4 is 11.9 Å². The number of benzene rings is 1. The topological polar surface area (TPSA) is 107 Å². The zero-order valence-corrected chi connectivity index (χ0v) is 22.6. The number of nitriles is 1. The van der Waals surface area contributed by atoms with Crippen LogP contribution in [0.15, 0.2) is 35.1 Å². The van der Waals surface area contributed by atoms with Crippen LogP contribution in [-0.4, -0.2) is 76.3 Å². The van der Waals surface area contributed by atoms with Crippen LogP contribution < -0.4 is 15.9 Å². The second-order valence-corrected chi connectivity index (χ2v) is 11.5. The van der Waals surface area contributed by atoms with Gasteiger partial charge in [-0.05, 0) is 51.3 Å². The molecule has 1 aliphatic carbocycles. The standard InChI is InChI=1S/C29H37N7O3/c1-33-13-5-8-22(33)19-36-25-17-31-29(10-11-29)16-24(25)26(32-27(36)37)34-14-15-35(23(18-34)9-12-30)28(38)39-20-21-6-3-2-4-7-21/h2-4,6-7,22-23,31H,5,8-11,13-20H2,1H3/t22-,23-/m0/s1. The molecule has 1 spiro atoms. The molecule has 0 radical (unpaired) electrons. The maximum atomic E-state index is 13.5. The van der Waals surface area contributed by atoms with Crippen molar-refractivity contribution in [3.05, 3.63) is 57.6 Å². The normalized spacial score (nSPS) is 23.9. The van der Waals surface area contributed by atoms with Crippen LogP contribution in [0.5, 0.6) is 0 Å². The van der Waals surface area contributed by atoms with Gasteiger partial charge in [0.15, 0.2) is 0 Å². The van der Waals surface area contributed by atoms with E-state index in [1.807, 2.05) is 34.9 Å². The Balaban J connectivity index is 1.24. The third kappa shape index (κ3) is 5.25. The fraction of sp³-hybridized carbons (Fsp3) is 0.586. The predicted octanol–water partition coefficient (Wildman–Crippen LogP) is 2.26. The van der Waals surface area contributed by atoms with E-state index in [0.29, 0.717) is 38.8 Å². The zero-order valence-electron chi connectivity index (χ0n) is 22.6. The maximum Gasteiger partial charge on any atom is 0.410 e. The number of amides is 1. The van der Waals surface area contributed by atoms with Crippen molar-refractivity contribution in [2.75, 3.05) is 38.1 Å². The molecule has 1 amide bonds. The highest BCUT2D eigenvalue weighted by Gasteiger charge is 2.47. The fourth-order valence-electron chi connectivity index (χ4n) is 6.43. The lowest BCUT2D eigenvalue weighted by molar-refractivity contribution is 0.0767. The second kappa shape index (κ2) is 10.6. The van der Waals surface area contributed by atoms with Crippen LogP contribution >= 0.6 is 0 Å². The van der Waals surface area contributed by atoms with Crippen LogP contribution in [0.25, 0.3) is 0 Å². The number of ether oxygens (including phenoxy) is 1. The molecule has 1 aromatic heterocycles. The van der Waals surface area contributed by atoms with Crippen LogP contribution in [0.4, 0.5) is 10.6 Å². The van der Waals surface area contributed by atoms with Crippen LogP contribution in [0.2, 0.25) is 0 Å². The van der Waals surface area contributed by atoms with E-state index in [9.17, 15) is 14.9 Å². The fourth-order valence-corrected chi connectivity index (χ4v) is 6.43. The molecule has 206 valence electrons. The van der Waals surface area contributed by atoms with Gasteiger partial charge in [-0.15, -0.1) is 0 Å². The van der Waals surface area contributed by atoms with Crippen molar-refractivity contribution in [2.24, 2.45) is 0 Å². The van der Waals surface area contributed by atoms with Gasteiger partial charge in [-0.25, -0.2) is 9.59 Å². The average molecular weight is 532 g/mol. The minimum absolute atomic E-state index is 0.116. The molecule has 10 nitrogen and oxygen atoms in total. The van der Waals surface area contributed by atoms with E-state index >= 15 is 0 Å². The summed E-state index contributed by atoms with van der Waals surface area (Å²) in [5, 5.41) is 13.3. The van der Waals surface area contributed by atoms with Crippen LogP contribution in [0.1, 0.15) is 48.9 Å². The van der Waals surface area contributed by atoms with Gasteiger partial charge in [0.05, 0.1) is 18.5 Å². The van der Waals surface area contributed by atoms with Crippen molar-refractivity contribution in [1.82, 2.24) is 24.7 Å². The van der Waals surface area contributed by atoms with Gasteiger partial charge in [0.2, 0.25) is 0 Å². The van der Waals surface area contributed by atoms with Crippen molar-refractivity contribution in [3.8, 4) is 6.07 Å². The van der Waals surface area contributed by atoms with Crippen molar-refractivity contribution in [1.29, 1.82) is 5.26 Å². The van der Waals surface area contributed by atoms with E-state index in [1.165, 1.54) is 0 Å². The molecule has 2 aromatic rings. The Morgan fingerprint density at radius 2 is 2.03 bits per heavy atom. The second-order valence-electron chi connectivity index (χ2n) is 11.5. The van der Waals surface area contributed by atoms with E-state index in [-0.39, 0.29) is 30.3 Å². The summed E-state index contributed by atoms with van der Waals surface area (Å²) in [5.74, 6) is 0.735. The summed E-state index contributed by atoms with van der Waals surface area (Å²) in [7, 11) is 2.13. The first-order chi connectivity index (χ1) is 19.0. The first kappa shape index (κ1) is 25.8. The highest BCUT2D eigenvalue weighted by Crippen LogP contribution is 2.44. The highest BCUT2D eigenvalue weighted by molar-refractivity contribution is 5.69. The van der Waals surface area contributed by atoms with Crippen molar-refractivity contribution in [3.63, 3.8) is 0 Å². The van der Waals surface area contributed by atoms with Gasteiger partial charge in [0, 0.05) is 55.6 Å². The summed E-state index contributed by atoms with van der Waals surface area (Å²) < 4.78 is 7.50. The van der Waals surface area contributed by atoms with E-state index in [1.54, 1.807) is 4.90 Å². The molecule has 6 rings (SSSR count). The zero-order chi connectivity index (χ0) is 27.0. The number of likely N-dealkylation sites (tertiary alicyclic amines) is 1. The Kier molecular flexibility index (Phi) is 7.04. The molecule has 3 aliphatic heterocycles. The summed E-state index contributed by atoms with van der Waals surface area (Å²) in [4.78, 5) is 37.3. The number of nitrogens with one attached hydrogen (secondary N) is 1. The SMILES string of the molecule is CN1CCC[C@H]1Cn1c2c(c(N3CCN(C(=O)OCc4ccccc4)[C@@H](CC#N)C3)nc1=O)CC1(CC1)NC2. The van der Waals surface area contributed by atoms with E-state index in [2.05, 4.69) is 33.2 Å². The molecular weight excluding hydrogens is 494 g/mol. The van der Waals surface area contributed by atoms with Gasteiger partial charge in [0.25, 0.3) is 0 Å². The van der Waals surface area contributed by atoms with Gasteiger partial charge in [-0.1, -0.05) is 30.3 Å². The molecule has 0 bridgehead atoms. The van der Waals surface area contributed by atoms with Gasteiger partial charge in [-0.2, -0.15) is 10.2 Å². The number of anilines is 1. The first-order valence-electron chi connectivity index (χ1n) is 14.1. The molecule has 4 aliphatic rings. The lowest BCUT2D eigenvalue weighted by Crippen LogP contribution is -2.56. The number of piperazine rings is 1. The highest BCUT2D eigenvalue weighted by atomic mass is 16.6. The van der Waals surface area contributed by atoms with Crippen LogP contribution in [0, 0.1) is 11.3 Å². The van der Waals surface area contributed by atoms with E-state index < -0.39 is 6.09 Å². The molecule has 1 N–H and O–H groups in total. The van der Waals surface area contributed by atoms with Gasteiger partial charge in [0.1, 0.15) is 12.4 Å². The van der Waals surface area contributed by atoms with E-state index in [0.717, 1.165) is 61.3 Å². The molecular formula is C29H37N7O3. The third-order valence-corrected chi connectivity index (χ3v) is 8.99. The first-order valence-corrected chi connectivity index (χ1v) is 14.1. The predicted molar refractivity (Wildman–Crippen MR) is 146 cm³/mol. The Labute approximate surface area is 229 Å². The molecule has 2 atom stereocenters. The summed E-state index contributed by atoms with van der Waals surface area (Å²) in [6.07, 6.45) is 5.15. The lowest BCUT2D eigenvalue weighted by atomic mass is 9.96. The maximum absolute atomic E-state index is 13.5. The number of likely N-dealkylation sites (N-methyl/N-ethyl adjacent to an activating group) is 1. The van der Waals surface area contributed by atoms with Gasteiger partial charge in [-0.3, -0.25) is 4.57 Å². The minimum Gasteiger partial charge on any atom is -0.445 e. The smallest absolute Gasteiger partial charge is 0.410 e. The monoisotopic (exact) mass is 531 g/mol. The molecule has 10 heteroatoms. The summed E-state index contributed by atoms with van der Waals surface area (Å²) in [6.45, 7) is 3.99. The summed E-state index contributed by atoms with van der Waals surface area (Å²) in [5.41, 5.74) is 3.03. The number of nitrogens with zero attached hydrogens (tertiary/aromatic N) is 6. The Morgan fingerprint density at radius 3 is 2.74 bits per heavy atom. The molecule has 3 fully saturated rings. The Hall–Kier alpha value is -3.42. The lowest BCUT2D eigenvalue weighted by Gasteiger charge is -2.42.